The van der Waals surface area contributed by atoms with Gasteiger partial charge in [0, 0.05) is 20.6 Å². The van der Waals surface area contributed by atoms with E-state index in [4.69, 9.17) is 9.72 Å². The maximum Gasteiger partial charge on any atom is 0.339 e. The largest absolute Gasteiger partial charge is 0.454 e. The van der Waals surface area contributed by atoms with E-state index in [0.29, 0.717) is 51.1 Å². The number of amides is 2. The van der Waals surface area contributed by atoms with Crippen molar-refractivity contribution in [1.29, 1.82) is 0 Å². The number of benzene rings is 2. The first-order valence-corrected chi connectivity index (χ1v) is 15.4. The van der Waals surface area contributed by atoms with Crippen LogP contribution in [0, 0.1) is 11.8 Å². The van der Waals surface area contributed by atoms with Crippen LogP contribution in [0.5, 0.6) is 0 Å². The monoisotopic (exact) mass is 680 g/mol. The van der Waals surface area contributed by atoms with Crippen molar-refractivity contribution < 1.29 is 23.9 Å². The van der Waals surface area contributed by atoms with Crippen LogP contribution in [-0.4, -0.2) is 44.8 Å². The van der Waals surface area contributed by atoms with Crippen molar-refractivity contribution in [3.8, 4) is 11.3 Å². The van der Waals surface area contributed by atoms with Crippen molar-refractivity contribution in [3.05, 3.63) is 82.6 Å². The minimum absolute atomic E-state index is 0.140. The number of thiophene rings is 1. The summed E-state index contributed by atoms with van der Waals surface area (Å²) >= 11 is 8.54. The van der Waals surface area contributed by atoms with Gasteiger partial charge >= 0.3 is 5.97 Å². The zero-order valence-electron chi connectivity index (χ0n) is 21.0. The van der Waals surface area contributed by atoms with E-state index in [1.165, 1.54) is 16.2 Å². The predicted octanol–water partition coefficient (Wildman–Crippen LogP) is 6.43. The van der Waals surface area contributed by atoms with E-state index in [0.717, 1.165) is 0 Å². The Morgan fingerprint density at radius 3 is 2.25 bits per heavy atom. The number of anilines is 1. The van der Waals surface area contributed by atoms with Crippen molar-refractivity contribution in [2.45, 2.75) is 22.5 Å². The number of imide groups is 1. The molecule has 0 N–H and O–H groups in total. The number of fused-ring (bicyclic) bond motifs is 2. The van der Waals surface area contributed by atoms with E-state index in [-0.39, 0.29) is 45.7 Å². The second-order valence-electron chi connectivity index (χ2n) is 9.82. The van der Waals surface area contributed by atoms with Gasteiger partial charge in [0.2, 0.25) is 17.6 Å². The average molecular weight is 682 g/mol. The Bertz CT molecular complexity index is 1610. The zero-order chi connectivity index (χ0) is 28.0. The number of hydrogen-bond acceptors (Lipinski definition) is 7. The van der Waals surface area contributed by atoms with Gasteiger partial charge in [-0.05, 0) is 48.6 Å². The van der Waals surface area contributed by atoms with Gasteiger partial charge in [-0.2, -0.15) is 0 Å². The number of carbonyl (C=O) groups excluding carboxylic acids is 4. The Balaban J connectivity index is 1.27. The van der Waals surface area contributed by atoms with Crippen molar-refractivity contribution in [3.63, 3.8) is 0 Å². The first kappa shape index (κ1) is 27.0. The molecule has 0 radical (unpaired) electrons. The lowest BCUT2D eigenvalue weighted by atomic mass is 9.81. The second-order valence-corrected chi connectivity index (χ2v) is 13.1. The highest BCUT2D eigenvalue weighted by Crippen LogP contribution is 2.44. The van der Waals surface area contributed by atoms with Crippen molar-refractivity contribution in [2.75, 3.05) is 11.5 Å². The molecule has 4 unspecified atom stereocenters. The Hall–Kier alpha value is -3.21. The lowest BCUT2D eigenvalue weighted by molar-refractivity contribution is -0.122. The fourth-order valence-electron chi connectivity index (χ4n) is 5.34. The van der Waals surface area contributed by atoms with Crippen molar-refractivity contribution in [2.24, 2.45) is 11.8 Å². The van der Waals surface area contributed by atoms with E-state index >= 15 is 0 Å². The number of ketones is 1. The Labute approximate surface area is 250 Å². The highest BCUT2D eigenvalue weighted by atomic mass is 79.9. The molecule has 6 rings (SSSR count). The molecule has 10 heteroatoms. The SMILES string of the molecule is O=C(COC(=O)c1cc(-c2ccc(N3C(=O)C4CC(Br)C(Br)CC4C3=O)cc2)nc2ccccc12)c1cccs1. The van der Waals surface area contributed by atoms with Gasteiger partial charge in [0.15, 0.2) is 6.61 Å². The van der Waals surface area contributed by atoms with Crippen LogP contribution in [0.15, 0.2) is 72.1 Å². The summed E-state index contributed by atoms with van der Waals surface area (Å²) in [6.07, 6.45) is 1.22. The standard InChI is InChI=1S/C30H22Br2N2O5S/c31-22-12-19-20(13-23(22)32)29(37)34(28(19)36)17-9-7-16(8-10-17)25-14-21(18-4-1-2-5-24(18)33-25)30(38)39-15-26(35)27-6-3-11-40-27/h1-11,14,19-20,22-23H,12-13,15H2. The van der Waals surface area contributed by atoms with Crippen LogP contribution in [0.2, 0.25) is 0 Å². The number of pyridine rings is 1. The summed E-state index contributed by atoms with van der Waals surface area (Å²) in [5, 5.41) is 2.41. The molecule has 2 fully saturated rings. The zero-order valence-corrected chi connectivity index (χ0v) is 24.9. The number of ether oxygens (including phenoxy) is 1. The first-order chi connectivity index (χ1) is 19.3. The number of carbonyl (C=O) groups is 4. The smallest absolute Gasteiger partial charge is 0.339 e. The van der Waals surface area contributed by atoms with Crippen LogP contribution in [0.4, 0.5) is 5.69 Å². The summed E-state index contributed by atoms with van der Waals surface area (Å²) in [5.74, 6) is -1.87. The number of aromatic nitrogens is 1. The molecule has 1 aliphatic carbocycles. The third-order valence-electron chi connectivity index (χ3n) is 7.40. The van der Waals surface area contributed by atoms with Crippen molar-refractivity contribution >= 4 is 83.4 Å². The summed E-state index contributed by atoms with van der Waals surface area (Å²) < 4.78 is 5.39. The average Bonchev–Trinajstić information content (AvgIpc) is 3.59. The number of Topliss-reactive ketones (excluding diaryl/α,β-unsaturated/α-hetero) is 1. The molecule has 202 valence electrons. The maximum absolute atomic E-state index is 13.2. The topological polar surface area (TPSA) is 93.6 Å². The molecule has 0 spiro atoms. The number of para-hydroxylation sites is 1. The fraction of sp³-hybridized carbons (Fsp3) is 0.233. The molecule has 2 aromatic carbocycles. The molecule has 2 aliphatic rings. The maximum atomic E-state index is 13.2. The van der Waals surface area contributed by atoms with E-state index in [1.807, 2.05) is 12.1 Å². The lowest BCUT2D eigenvalue weighted by Gasteiger charge is -2.29. The van der Waals surface area contributed by atoms with Gasteiger partial charge in [0.1, 0.15) is 0 Å². The molecule has 1 saturated heterocycles. The molecular weight excluding hydrogens is 660 g/mol. The molecule has 1 saturated carbocycles. The lowest BCUT2D eigenvalue weighted by Crippen LogP contribution is -2.34. The summed E-state index contributed by atoms with van der Waals surface area (Å²) in [4.78, 5) is 58.7. The molecule has 2 aromatic heterocycles. The van der Waals surface area contributed by atoms with Gasteiger partial charge in [-0.1, -0.05) is 68.3 Å². The van der Waals surface area contributed by atoms with E-state index in [2.05, 4.69) is 31.9 Å². The minimum Gasteiger partial charge on any atom is -0.454 e. The number of hydrogen-bond donors (Lipinski definition) is 0. The summed E-state index contributed by atoms with van der Waals surface area (Å²) in [5.41, 5.74) is 2.64. The third kappa shape index (κ3) is 4.93. The van der Waals surface area contributed by atoms with Crippen molar-refractivity contribution in [1.82, 2.24) is 4.98 Å². The third-order valence-corrected chi connectivity index (χ3v) is 11.0. The number of esters is 1. The van der Waals surface area contributed by atoms with Gasteiger partial charge in [-0.15, -0.1) is 11.3 Å². The Kier molecular flexibility index (Phi) is 7.41. The highest BCUT2D eigenvalue weighted by Gasteiger charge is 2.52. The van der Waals surface area contributed by atoms with Gasteiger partial charge in [0.25, 0.3) is 0 Å². The molecular formula is C30H22Br2N2O5S. The summed E-state index contributed by atoms with van der Waals surface area (Å²) in [6, 6.07) is 19.4. The number of nitrogens with zero attached hydrogens (tertiary/aromatic N) is 2. The van der Waals surface area contributed by atoms with Crippen LogP contribution in [0.3, 0.4) is 0 Å². The van der Waals surface area contributed by atoms with Crippen LogP contribution in [0.1, 0.15) is 32.9 Å². The Morgan fingerprint density at radius 2 is 1.60 bits per heavy atom. The molecule has 2 amide bonds. The molecule has 40 heavy (non-hydrogen) atoms. The quantitative estimate of drug-likeness (QED) is 0.101. The van der Waals surface area contributed by atoms with Gasteiger partial charge in [-0.3, -0.25) is 19.3 Å². The van der Waals surface area contributed by atoms with Gasteiger partial charge < -0.3 is 4.74 Å². The summed E-state index contributed by atoms with van der Waals surface area (Å²) in [6.45, 7) is -0.356. The number of rotatable bonds is 6. The minimum atomic E-state index is -0.618. The fourth-order valence-corrected chi connectivity index (χ4v) is 7.23. The van der Waals surface area contributed by atoms with Crippen LogP contribution >= 0.6 is 43.2 Å². The first-order valence-electron chi connectivity index (χ1n) is 12.7. The predicted molar refractivity (Wildman–Crippen MR) is 160 cm³/mol. The number of alkyl halides is 2. The highest BCUT2D eigenvalue weighted by molar-refractivity contribution is 9.12. The molecule has 4 aromatic rings. The molecule has 7 nitrogen and oxygen atoms in total. The molecule has 1 aliphatic heterocycles. The molecule has 4 atom stereocenters. The molecule has 3 heterocycles. The van der Waals surface area contributed by atoms with Crippen LogP contribution in [0.25, 0.3) is 22.2 Å². The van der Waals surface area contributed by atoms with E-state index in [1.54, 1.807) is 60.0 Å². The molecule has 0 bridgehead atoms. The normalized spacial score (nSPS) is 22.4. The summed E-state index contributed by atoms with van der Waals surface area (Å²) in [7, 11) is 0. The second kappa shape index (κ2) is 11.0. The van der Waals surface area contributed by atoms with Gasteiger partial charge in [0.05, 0.1) is 39.2 Å². The van der Waals surface area contributed by atoms with E-state index < -0.39 is 5.97 Å². The Morgan fingerprint density at radius 1 is 0.925 bits per heavy atom. The van der Waals surface area contributed by atoms with Gasteiger partial charge in [-0.25, -0.2) is 9.78 Å². The van der Waals surface area contributed by atoms with Crippen LogP contribution < -0.4 is 4.90 Å². The van der Waals surface area contributed by atoms with Crippen LogP contribution in [-0.2, 0) is 14.3 Å². The van der Waals surface area contributed by atoms with E-state index in [9.17, 15) is 19.2 Å². The number of halogens is 2.